The van der Waals surface area contributed by atoms with Crippen LogP contribution < -0.4 is 10.2 Å². The maximum atomic E-state index is 11.9. The highest BCUT2D eigenvalue weighted by Crippen LogP contribution is 2.27. The topological polar surface area (TPSA) is 49.4 Å². The van der Waals surface area contributed by atoms with Gasteiger partial charge in [-0.3, -0.25) is 0 Å². The van der Waals surface area contributed by atoms with Crippen LogP contribution >= 0.6 is 0 Å². The molecule has 0 spiro atoms. The third kappa shape index (κ3) is 2.84. The Balaban J connectivity index is 2.45. The number of nitrogens with zero attached hydrogens (tertiary/aromatic N) is 1. The van der Waals surface area contributed by atoms with Crippen LogP contribution in [0.2, 0.25) is 0 Å². The lowest BCUT2D eigenvalue weighted by molar-refractivity contribution is 0.581. The van der Waals surface area contributed by atoms with Gasteiger partial charge >= 0.3 is 0 Å². The monoisotopic (exact) mass is 268 g/mol. The van der Waals surface area contributed by atoms with Crippen molar-refractivity contribution in [3.8, 4) is 0 Å². The molecule has 1 aliphatic heterocycles. The first-order valence-electron chi connectivity index (χ1n) is 6.31. The molecule has 1 fully saturated rings. The van der Waals surface area contributed by atoms with Crippen LogP contribution in [-0.2, 0) is 16.3 Å². The zero-order chi connectivity index (χ0) is 13.2. The normalized spacial score (nSPS) is 16.9. The Morgan fingerprint density at radius 2 is 1.94 bits per heavy atom. The van der Waals surface area contributed by atoms with Crippen LogP contribution in [0.25, 0.3) is 0 Å². The van der Waals surface area contributed by atoms with E-state index in [-0.39, 0.29) is 0 Å². The van der Waals surface area contributed by atoms with E-state index in [2.05, 4.69) is 10.2 Å². The number of rotatable bonds is 3. The van der Waals surface area contributed by atoms with Gasteiger partial charge in [0.25, 0.3) is 0 Å². The largest absolute Gasteiger partial charge is 0.368 e. The van der Waals surface area contributed by atoms with E-state index in [0.29, 0.717) is 4.90 Å². The van der Waals surface area contributed by atoms with E-state index >= 15 is 0 Å². The Bertz CT molecular complexity index is 520. The molecule has 0 aromatic heterocycles. The lowest BCUT2D eigenvalue weighted by Gasteiger charge is -2.31. The number of aryl methyl sites for hydroxylation is 1. The third-order valence-electron chi connectivity index (χ3n) is 3.29. The van der Waals surface area contributed by atoms with E-state index in [1.165, 1.54) is 6.26 Å². The summed E-state index contributed by atoms with van der Waals surface area (Å²) < 4.78 is 23.8. The third-order valence-corrected chi connectivity index (χ3v) is 4.42. The minimum absolute atomic E-state index is 0.462. The molecule has 18 heavy (non-hydrogen) atoms. The summed E-state index contributed by atoms with van der Waals surface area (Å²) in [5, 5.41) is 3.27. The van der Waals surface area contributed by atoms with Gasteiger partial charge in [-0.2, -0.15) is 0 Å². The number of hydrogen-bond acceptors (Lipinski definition) is 4. The number of hydrogen-bond donors (Lipinski definition) is 1. The number of benzene rings is 1. The van der Waals surface area contributed by atoms with Gasteiger partial charge in [0.05, 0.1) is 10.6 Å². The molecule has 0 unspecified atom stereocenters. The van der Waals surface area contributed by atoms with Crippen molar-refractivity contribution in [2.24, 2.45) is 0 Å². The molecule has 1 aliphatic rings. The summed E-state index contributed by atoms with van der Waals surface area (Å²) in [6.07, 6.45) is 2.14. The summed E-state index contributed by atoms with van der Waals surface area (Å²) in [5.74, 6) is 0. The molecule has 0 amide bonds. The molecule has 4 nitrogen and oxygen atoms in total. The molecular weight excluding hydrogens is 248 g/mol. The Labute approximate surface area is 109 Å². The summed E-state index contributed by atoms with van der Waals surface area (Å²) in [6.45, 7) is 5.55. The highest BCUT2D eigenvalue weighted by Gasteiger charge is 2.19. The molecule has 5 heteroatoms. The summed E-state index contributed by atoms with van der Waals surface area (Å²) in [7, 11) is -3.18. The quantitative estimate of drug-likeness (QED) is 0.890. The minimum Gasteiger partial charge on any atom is -0.368 e. The molecule has 0 bridgehead atoms. The first-order valence-corrected chi connectivity index (χ1v) is 8.20. The first-order chi connectivity index (χ1) is 8.52. The minimum atomic E-state index is -3.18. The Morgan fingerprint density at radius 3 is 2.50 bits per heavy atom. The van der Waals surface area contributed by atoms with Crippen molar-refractivity contribution in [1.29, 1.82) is 0 Å². The Hall–Kier alpha value is -1.07. The summed E-state index contributed by atoms with van der Waals surface area (Å²) in [6, 6.07) is 5.78. The van der Waals surface area contributed by atoms with E-state index in [0.717, 1.165) is 43.9 Å². The smallest absolute Gasteiger partial charge is 0.177 e. The first kappa shape index (κ1) is 13.4. The average Bonchev–Trinajstić information content (AvgIpc) is 2.38. The molecular formula is C13H20N2O2S. The molecule has 2 rings (SSSR count). The van der Waals surface area contributed by atoms with Crippen molar-refractivity contribution in [3.63, 3.8) is 0 Å². The van der Waals surface area contributed by atoms with Crippen molar-refractivity contribution < 1.29 is 8.42 Å². The van der Waals surface area contributed by atoms with Crippen LogP contribution in [0, 0.1) is 0 Å². The second kappa shape index (κ2) is 5.28. The standard InChI is InChI=1S/C13H20N2O2S/c1-3-11-4-5-12(13(10-11)18(2,16)17)15-8-6-14-7-9-15/h4-5,10,14H,3,6-9H2,1-2H3. The van der Waals surface area contributed by atoms with E-state index in [4.69, 9.17) is 0 Å². The molecule has 0 radical (unpaired) electrons. The molecule has 1 N–H and O–H groups in total. The van der Waals surface area contributed by atoms with Crippen LogP contribution in [0.3, 0.4) is 0 Å². The van der Waals surface area contributed by atoms with Crippen molar-refractivity contribution in [3.05, 3.63) is 23.8 Å². The predicted octanol–water partition coefficient (Wildman–Crippen LogP) is 1.06. The van der Waals surface area contributed by atoms with Gasteiger partial charge in [-0.05, 0) is 24.1 Å². The lowest BCUT2D eigenvalue weighted by Crippen LogP contribution is -2.44. The fraction of sp³-hybridized carbons (Fsp3) is 0.538. The molecule has 1 aromatic rings. The summed E-state index contributed by atoms with van der Waals surface area (Å²) in [5.41, 5.74) is 1.91. The van der Waals surface area contributed by atoms with Crippen LogP contribution in [-0.4, -0.2) is 40.9 Å². The van der Waals surface area contributed by atoms with Crippen molar-refractivity contribution in [1.82, 2.24) is 5.32 Å². The number of sulfone groups is 1. The van der Waals surface area contributed by atoms with Gasteiger partial charge in [0, 0.05) is 32.4 Å². The molecule has 0 aliphatic carbocycles. The molecule has 1 heterocycles. The van der Waals surface area contributed by atoms with E-state index in [1.807, 2.05) is 25.1 Å². The number of nitrogens with one attached hydrogen (secondary N) is 1. The SMILES string of the molecule is CCc1ccc(N2CCNCC2)c(S(C)(=O)=O)c1. The fourth-order valence-corrected chi connectivity index (χ4v) is 3.18. The van der Waals surface area contributed by atoms with E-state index in [1.54, 1.807) is 0 Å². The van der Waals surface area contributed by atoms with Crippen LogP contribution in [0.1, 0.15) is 12.5 Å². The van der Waals surface area contributed by atoms with Gasteiger partial charge in [-0.15, -0.1) is 0 Å². The number of anilines is 1. The van der Waals surface area contributed by atoms with Gasteiger partial charge in [0.15, 0.2) is 9.84 Å². The molecule has 1 saturated heterocycles. The zero-order valence-corrected chi connectivity index (χ0v) is 11.8. The molecule has 100 valence electrons. The number of piperazine rings is 1. The zero-order valence-electron chi connectivity index (χ0n) is 10.9. The van der Waals surface area contributed by atoms with Crippen molar-refractivity contribution >= 4 is 15.5 Å². The van der Waals surface area contributed by atoms with Gasteiger partial charge in [-0.25, -0.2) is 8.42 Å². The second-order valence-electron chi connectivity index (χ2n) is 4.66. The molecule has 0 atom stereocenters. The van der Waals surface area contributed by atoms with Crippen LogP contribution in [0.5, 0.6) is 0 Å². The maximum absolute atomic E-state index is 11.9. The predicted molar refractivity (Wildman–Crippen MR) is 74.0 cm³/mol. The Kier molecular flexibility index (Phi) is 3.92. The Morgan fingerprint density at radius 1 is 1.28 bits per heavy atom. The molecule has 0 saturated carbocycles. The summed E-state index contributed by atoms with van der Waals surface area (Å²) >= 11 is 0. The molecule has 1 aromatic carbocycles. The fourth-order valence-electron chi connectivity index (χ4n) is 2.24. The second-order valence-corrected chi connectivity index (χ2v) is 6.65. The van der Waals surface area contributed by atoms with Crippen molar-refractivity contribution in [2.75, 3.05) is 37.3 Å². The van der Waals surface area contributed by atoms with Gasteiger partial charge in [0.2, 0.25) is 0 Å². The van der Waals surface area contributed by atoms with Crippen molar-refractivity contribution in [2.45, 2.75) is 18.2 Å². The van der Waals surface area contributed by atoms with E-state index in [9.17, 15) is 8.42 Å². The van der Waals surface area contributed by atoms with Crippen LogP contribution in [0.15, 0.2) is 23.1 Å². The van der Waals surface area contributed by atoms with E-state index < -0.39 is 9.84 Å². The van der Waals surface area contributed by atoms with Gasteiger partial charge < -0.3 is 10.2 Å². The summed E-state index contributed by atoms with van der Waals surface area (Å²) in [4.78, 5) is 2.61. The maximum Gasteiger partial charge on any atom is 0.177 e. The van der Waals surface area contributed by atoms with Gasteiger partial charge in [-0.1, -0.05) is 13.0 Å². The lowest BCUT2D eigenvalue weighted by atomic mass is 10.1. The average molecular weight is 268 g/mol. The highest BCUT2D eigenvalue weighted by atomic mass is 32.2. The van der Waals surface area contributed by atoms with Gasteiger partial charge in [0.1, 0.15) is 0 Å². The highest BCUT2D eigenvalue weighted by molar-refractivity contribution is 7.90. The van der Waals surface area contributed by atoms with Crippen LogP contribution in [0.4, 0.5) is 5.69 Å².